The first kappa shape index (κ1) is 23.9. The first-order valence-corrected chi connectivity index (χ1v) is 9.46. The molecule has 0 radical (unpaired) electrons. The summed E-state index contributed by atoms with van der Waals surface area (Å²) in [6.07, 6.45) is 0. The van der Waals surface area contributed by atoms with Crippen LogP contribution in [-0.2, 0) is 19.1 Å². The average molecular weight is 490 g/mol. The summed E-state index contributed by atoms with van der Waals surface area (Å²) in [6.45, 7) is 0. The molecule has 3 aromatic rings. The summed E-state index contributed by atoms with van der Waals surface area (Å²) in [7, 11) is 0.913. The normalized spacial score (nSPS) is 11.5. The molecule has 2 aromatic carbocycles. The molecule has 1 amide bonds. The lowest BCUT2D eigenvalue weighted by atomic mass is 9.99. The number of fused-ring (bicyclic) bond motifs is 1. The minimum Gasteiger partial charge on any atom is -0.468 e. The maximum atomic E-state index is 12.8. The van der Waals surface area contributed by atoms with E-state index in [4.69, 9.17) is 11.6 Å². The Kier molecular flexibility index (Phi) is 6.63. The SMILES string of the molecule is COC(=O)[C@@H](C(=O)C(=O)Nc1ccc([N+](=O)[O-])cc1[N+](=O)[O-])c1nc2ccc(Cl)cc2[nH]c1=O. The van der Waals surface area contributed by atoms with Crippen LogP contribution in [0.1, 0.15) is 11.6 Å². The number of Topliss-reactive ketones (excluding diaryl/α,β-unsaturated/α-hetero) is 1. The zero-order valence-electron chi connectivity index (χ0n) is 16.9. The van der Waals surface area contributed by atoms with Gasteiger partial charge in [0.1, 0.15) is 11.4 Å². The first-order valence-electron chi connectivity index (χ1n) is 9.08. The van der Waals surface area contributed by atoms with Gasteiger partial charge >= 0.3 is 5.97 Å². The van der Waals surface area contributed by atoms with Crippen LogP contribution in [0.4, 0.5) is 17.1 Å². The number of nitro groups is 2. The maximum absolute atomic E-state index is 12.8. The molecule has 15 heteroatoms. The fourth-order valence-corrected chi connectivity index (χ4v) is 3.11. The number of aromatic nitrogens is 2. The molecule has 0 aliphatic heterocycles. The van der Waals surface area contributed by atoms with E-state index in [1.165, 1.54) is 18.2 Å². The van der Waals surface area contributed by atoms with Crippen LogP contribution in [0, 0.1) is 20.2 Å². The van der Waals surface area contributed by atoms with Crippen molar-refractivity contribution >= 4 is 57.4 Å². The van der Waals surface area contributed by atoms with E-state index in [0.717, 1.165) is 19.2 Å². The van der Waals surface area contributed by atoms with Crippen LogP contribution in [0.25, 0.3) is 11.0 Å². The quantitative estimate of drug-likeness (QED) is 0.162. The molecule has 1 atom stereocenters. The van der Waals surface area contributed by atoms with Crippen molar-refractivity contribution in [3.63, 3.8) is 0 Å². The molecule has 0 aliphatic rings. The number of hydrogen-bond donors (Lipinski definition) is 2. The molecule has 34 heavy (non-hydrogen) atoms. The summed E-state index contributed by atoms with van der Waals surface area (Å²) < 4.78 is 4.54. The van der Waals surface area contributed by atoms with Crippen molar-refractivity contribution in [1.29, 1.82) is 0 Å². The number of carbonyl (C=O) groups excluding carboxylic acids is 3. The molecule has 0 unspecified atom stereocenters. The molecule has 0 saturated heterocycles. The number of rotatable bonds is 7. The zero-order chi connectivity index (χ0) is 25.2. The minimum absolute atomic E-state index is 0.145. The Morgan fingerprint density at radius 2 is 1.82 bits per heavy atom. The first-order chi connectivity index (χ1) is 16.0. The number of hydrogen-bond acceptors (Lipinski definition) is 10. The highest BCUT2D eigenvalue weighted by atomic mass is 35.5. The molecule has 2 N–H and O–H groups in total. The number of methoxy groups -OCH3 is 1. The van der Waals surface area contributed by atoms with E-state index in [1.807, 2.05) is 5.32 Å². The number of benzene rings is 2. The van der Waals surface area contributed by atoms with Gasteiger partial charge in [-0.25, -0.2) is 4.98 Å². The van der Waals surface area contributed by atoms with E-state index in [-0.39, 0.29) is 16.1 Å². The molecule has 0 saturated carbocycles. The number of ether oxygens (including phenoxy) is 1. The Morgan fingerprint density at radius 3 is 2.44 bits per heavy atom. The van der Waals surface area contributed by atoms with E-state index in [1.54, 1.807) is 0 Å². The third-order valence-electron chi connectivity index (χ3n) is 4.51. The smallest absolute Gasteiger partial charge is 0.323 e. The van der Waals surface area contributed by atoms with Crippen molar-refractivity contribution in [3.05, 3.63) is 77.7 Å². The standard InChI is InChI=1S/C19H12ClN5O9/c1-34-19(29)14(15-17(27)23-12-6-8(20)2-4-10(12)21-15)16(26)18(28)22-11-5-3-9(24(30)31)7-13(11)25(32)33/h2-7,14H,1H3,(H,22,28)(H,23,27)/t14-/m1/s1. The molecule has 0 bridgehead atoms. The van der Waals surface area contributed by atoms with Gasteiger partial charge in [-0.05, 0) is 24.3 Å². The van der Waals surface area contributed by atoms with Crippen molar-refractivity contribution in [2.24, 2.45) is 0 Å². The van der Waals surface area contributed by atoms with Gasteiger partial charge in [0.2, 0.25) is 5.78 Å². The minimum atomic E-state index is -2.11. The number of amides is 1. The molecule has 0 aliphatic carbocycles. The van der Waals surface area contributed by atoms with Crippen molar-refractivity contribution < 1.29 is 29.0 Å². The largest absolute Gasteiger partial charge is 0.468 e. The number of nitro benzene ring substituents is 2. The number of anilines is 1. The van der Waals surface area contributed by atoms with Crippen molar-refractivity contribution in [2.75, 3.05) is 12.4 Å². The van der Waals surface area contributed by atoms with Crippen LogP contribution in [-0.4, -0.2) is 44.6 Å². The van der Waals surface area contributed by atoms with Gasteiger partial charge in [0.15, 0.2) is 5.92 Å². The molecule has 0 fully saturated rings. The highest BCUT2D eigenvalue weighted by molar-refractivity contribution is 6.45. The highest BCUT2D eigenvalue weighted by Gasteiger charge is 2.38. The van der Waals surface area contributed by atoms with Gasteiger partial charge in [0, 0.05) is 11.1 Å². The summed E-state index contributed by atoms with van der Waals surface area (Å²) in [4.78, 5) is 76.9. The molecule has 1 heterocycles. The third-order valence-corrected chi connectivity index (χ3v) is 4.75. The average Bonchev–Trinajstić information content (AvgIpc) is 2.79. The van der Waals surface area contributed by atoms with Crippen LogP contribution in [0.5, 0.6) is 0 Å². The summed E-state index contributed by atoms with van der Waals surface area (Å²) in [6, 6.07) is 6.51. The van der Waals surface area contributed by atoms with Crippen LogP contribution in [0.3, 0.4) is 0 Å². The van der Waals surface area contributed by atoms with Crippen molar-refractivity contribution in [2.45, 2.75) is 5.92 Å². The van der Waals surface area contributed by atoms with E-state index in [9.17, 15) is 39.4 Å². The Morgan fingerprint density at radius 1 is 1.12 bits per heavy atom. The second-order valence-corrected chi connectivity index (χ2v) is 7.04. The summed E-state index contributed by atoms with van der Waals surface area (Å²) in [5.41, 5.74) is -3.34. The second kappa shape index (κ2) is 9.41. The fraction of sp³-hybridized carbons (Fsp3) is 0.105. The predicted molar refractivity (Wildman–Crippen MR) is 116 cm³/mol. The Balaban J connectivity index is 2.02. The lowest BCUT2D eigenvalue weighted by Crippen LogP contribution is -2.37. The molecular formula is C19H12ClN5O9. The number of aromatic amines is 1. The fourth-order valence-electron chi connectivity index (χ4n) is 2.93. The van der Waals surface area contributed by atoms with Gasteiger partial charge in [0.05, 0.1) is 34.1 Å². The number of carbonyl (C=O) groups is 3. The molecular weight excluding hydrogens is 478 g/mol. The van der Waals surface area contributed by atoms with Crippen LogP contribution in [0.15, 0.2) is 41.2 Å². The monoisotopic (exact) mass is 489 g/mol. The number of halogens is 1. The van der Waals surface area contributed by atoms with E-state index in [0.29, 0.717) is 6.07 Å². The van der Waals surface area contributed by atoms with E-state index >= 15 is 0 Å². The Bertz CT molecular complexity index is 1440. The molecule has 0 spiro atoms. The summed E-state index contributed by atoms with van der Waals surface area (Å²) in [5.74, 6) is -6.42. The lowest BCUT2D eigenvalue weighted by molar-refractivity contribution is -0.393. The topological polar surface area (TPSA) is 205 Å². The Hall–Kier alpha value is -4.72. The van der Waals surface area contributed by atoms with Crippen molar-refractivity contribution in [3.8, 4) is 0 Å². The molecule has 174 valence electrons. The highest BCUT2D eigenvalue weighted by Crippen LogP contribution is 2.29. The summed E-state index contributed by atoms with van der Waals surface area (Å²) in [5, 5.41) is 24.3. The third kappa shape index (κ3) is 4.71. The van der Waals surface area contributed by atoms with Gasteiger partial charge in [-0.1, -0.05) is 11.6 Å². The molecule has 1 aromatic heterocycles. The number of nitrogens with one attached hydrogen (secondary N) is 2. The number of H-pyrrole nitrogens is 1. The van der Waals surface area contributed by atoms with E-state index in [2.05, 4.69) is 14.7 Å². The lowest BCUT2D eigenvalue weighted by Gasteiger charge is -2.13. The van der Waals surface area contributed by atoms with Crippen molar-refractivity contribution in [1.82, 2.24) is 9.97 Å². The predicted octanol–water partition coefficient (Wildman–Crippen LogP) is 1.86. The zero-order valence-corrected chi connectivity index (χ0v) is 17.7. The molecule has 3 rings (SSSR count). The van der Waals surface area contributed by atoms with Crippen LogP contribution < -0.4 is 10.9 Å². The van der Waals surface area contributed by atoms with Gasteiger partial charge < -0.3 is 15.0 Å². The Labute approximate surface area is 192 Å². The number of non-ortho nitro benzene ring substituents is 1. The second-order valence-electron chi connectivity index (χ2n) is 6.60. The van der Waals surface area contributed by atoms with Crippen LogP contribution in [0.2, 0.25) is 5.02 Å². The van der Waals surface area contributed by atoms with Gasteiger partial charge in [0.25, 0.3) is 22.8 Å². The summed E-state index contributed by atoms with van der Waals surface area (Å²) >= 11 is 5.86. The van der Waals surface area contributed by atoms with E-state index < -0.39 is 61.7 Å². The number of esters is 1. The van der Waals surface area contributed by atoms with Gasteiger partial charge in [-0.3, -0.25) is 39.4 Å². The van der Waals surface area contributed by atoms with Gasteiger partial charge in [-0.15, -0.1) is 0 Å². The number of nitrogens with zero attached hydrogens (tertiary/aromatic N) is 3. The van der Waals surface area contributed by atoms with Gasteiger partial charge in [-0.2, -0.15) is 0 Å². The maximum Gasteiger partial charge on any atom is 0.323 e. The van der Waals surface area contributed by atoms with Crippen LogP contribution >= 0.6 is 11.6 Å². The molecule has 14 nitrogen and oxygen atoms in total. The number of ketones is 1.